The van der Waals surface area contributed by atoms with E-state index in [0.717, 1.165) is 16.5 Å². The normalized spacial score (nSPS) is 11.0. The van der Waals surface area contributed by atoms with E-state index in [1.165, 1.54) is 0 Å². The Morgan fingerprint density at radius 3 is 3.00 bits per heavy atom. The summed E-state index contributed by atoms with van der Waals surface area (Å²) in [6, 6.07) is 9.81. The van der Waals surface area contributed by atoms with Gasteiger partial charge in [-0.3, -0.25) is 9.78 Å². The molecule has 2 rings (SSSR count). The summed E-state index contributed by atoms with van der Waals surface area (Å²) in [5.41, 5.74) is 1.86. The van der Waals surface area contributed by atoms with Gasteiger partial charge in [0.05, 0.1) is 11.9 Å². The van der Waals surface area contributed by atoms with Gasteiger partial charge in [-0.1, -0.05) is 30.4 Å². The molecule has 0 amide bonds. The number of carbonyl (C=O) groups is 1. The molecule has 0 aliphatic heterocycles. The zero-order valence-electron chi connectivity index (χ0n) is 8.63. The van der Waals surface area contributed by atoms with Crippen molar-refractivity contribution < 1.29 is 9.90 Å². The molecule has 0 bridgehead atoms. The molecule has 0 aliphatic rings. The lowest BCUT2D eigenvalue weighted by molar-refractivity contribution is -0.135. The first-order valence-electron chi connectivity index (χ1n) is 4.99. The first-order valence-corrected chi connectivity index (χ1v) is 4.99. The number of hydrogen-bond acceptors (Lipinski definition) is 2. The Balaban J connectivity index is 2.26. The highest BCUT2D eigenvalue weighted by Gasteiger charge is 1.95. The van der Waals surface area contributed by atoms with Gasteiger partial charge in [0, 0.05) is 11.6 Å². The van der Waals surface area contributed by atoms with Crippen molar-refractivity contribution in [1.29, 1.82) is 0 Å². The van der Waals surface area contributed by atoms with E-state index >= 15 is 0 Å². The minimum absolute atomic E-state index is 0.0346. The van der Waals surface area contributed by atoms with Crippen LogP contribution in [-0.4, -0.2) is 16.1 Å². The molecule has 0 atom stereocenters. The van der Waals surface area contributed by atoms with Crippen LogP contribution >= 0.6 is 0 Å². The summed E-state index contributed by atoms with van der Waals surface area (Å²) in [7, 11) is 0. The average molecular weight is 213 g/mol. The van der Waals surface area contributed by atoms with Crippen LogP contribution in [0.25, 0.3) is 17.0 Å². The molecule has 3 heteroatoms. The minimum atomic E-state index is -0.829. The molecule has 1 N–H and O–H groups in total. The van der Waals surface area contributed by atoms with Gasteiger partial charge in [-0.05, 0) is 17.7 Å². The van der Waals surface area contributed by atoms with Crippen LogP contribution in [0.5, 0.6) is 0 Å². The minimum Gasteiger partial charge on any atom is -0.481 e. The molecule has 1 heterocycles. The van der Waals surface area contributed by atoms with Gasteiger partial charge in [0.25, 0.3) is 0 Å². The van der Waals surface area contributed by atoms with Gasteiger partial charge >= 0.3 is 5.97 Å². The Labute approximate surface area is 93.1 Å². The fourth-order valence-corrected chi connectivity index (χ4v) is 1.48. The zero-order valence-corrected chi connectivity index (χ0v) is 8.63. The monoisotopic (exact) mass is 213 g/mol. The van der Waals surface area contributed by atoms with Crippen LogP contribution in [-0.2, 0) is 4.79 Å². The number of carboxylic acid groups (broad SMARTS) is 1. The van der Waals surface area contributed by atoms with Crippen LogP contribution in [0.2, 0.25) is 0 Å². The molecule has 16 heavy (non-hydrogen) atoms. The second-order valence-electron chi connectivity index (χ2n) is 3.46. The van der Waals surface area contributed by atoms with Crippen LogP contribution in [0.4, 0.5) is 0 Å². The fourth-order valence-electron chi connectivity index (χ4n) is 1.48. The van der Waals surface area contributed by atoms with Crippen LogP contribution in [0.1, 0.15) is 12.0 Å². The SMILES string of the molecule is O=C(O)C/C=C/c1cnc2ccccc2c1. The van der Waals surface area contributed by atoms with E-state index in [0.29, 0.717) is 0 Å². The molecule has 80 valence electrons. The van der Waals surface area contributed by atoms with E-state index in [2.05, 4.69) is 4.98 Å². The Morgan fingerprint density at radius 1 is 1.38 bits per heavy atom. The third-order valence-corrected chi connectivity index (χ3v) is 2.21. The van der Waals surface area contributed by atoms with E-state index in [1.54, 1.807) is 18.3 Å². The first kappa shape index (κ1) is 10.4. The van der Waals surface area contributed by atoms with E-state index in [1.807, 2.05) is 30.3 Å². The van der Waals surface area contributed by atoms with E-state index in [9.17, 15) is 4.79 Å². The lowest BCUT2D eigenvalue weighted by atomic mass is 10.1. The molecule has 0 radical (unpaired) electrons. The summed E-state index contributed by atoms with van der Waals surface area (Å²) in [4.78, 5) is 14.6. The summed E-state index contributed by atoms with van der Waals surface area (Å²) < 4.78 is 0. The summed E-state index contributed by atoms with van der Waals surface area (Å²) in [6.07, 6.45) is 5.16. The molecule has 0 saturated heterocycles. The number of aliphatic carboxylic acids is 1. The van der Waals surface area contributed by atoms with Crippen molar-refractivity contribution in [3.8, 4) is 0 Å². The lowest BCUT2D eigenvalue weighted by Gasteiger charge is -1.97. The molecular weight excluding hydrogens is 202 g/mol. The van der Waals surface area contributed by atoms with E-state index in [-0.39, 0.29) is 6.42 Å². The van der Waals surface area contributed by atoms with Crippen molar-refractivity contribution in [2.24, 2.45) is 0 Å². The number of rotatable bonds is 3. The van der Waals surface area contributed by atoms with Gasteiger partial charge in [-0.15, -0.1) is 0 Å². The summed E-state index contributed by atoms with van der Waals surface area (Å²) >= 11 is 0. The third kappa shape index (κ3) is 2.45. The van der Waals surface area contributed by atoms with Crippen LogP contribution < -0.4 is 0 Å². The maximum absolute atomic E-state index is 10.3. The number of fused-ring (bicyclic) bond motifs is 1. The first-order chi connectivity index (χ1) is 7.75. The summed E-state index contributed by atoms with van der Waals surface area (Å²) in [5, 5.41) is 9.55. The summed E-state index contributed by atoms with van der Waals surface area (Å²) in [5.74, 6) is -0.829. The molecule has 2 aromatic rings. The summed E-state index contributed by atoms with van der Waals surface area (Å²) in [6.45, 7) is 0. The standard InChI is InChI=1S/C13H11NO2/c15-13(16)7-3-4-10-8-11-5-1-2-6-12(11)14-9-10/h1-6,8-9H,7H2,(H,15,16)/b4-3+. The Morgan fingerprint density at radius 2 is 2.19 bits per heavy atom. The highest BCUT2D eigenvalue weighted by molar-refractivity contribution is 5.80. The van der Waals surface area contributed by atoms with Gasteiger partial charge in [-0.2, -0.15) is 0 Å². The maximum atomic E-state index is 10.3. The molecule has 3 nitrogen and oxygen atoms in total. The molecule has 1 aromatic carbocycles. The van der Waals surface area contributed by atoms with Crippen LogP contribution in [0.15, 0.2) is 42.6 Å². The Hall–Kier alpha value is -2.16. The van der Waals surface area contributed by atoms with Crippen molar-refractivity contribution in [2.45, 2.75) is 6.42 Å². The molecular formula is C13H11NO2. The smallest absolute Gasteiger partial charge is 0.307 e. The van der Waals surface area contributed by atoms with Crippen molar-refractivity contribution in [1.82, 2.24) is 4.98 Å². The number of carboxylic acids is 1. The van der Waals surface area contributed by atoms with Crippen molar-refractivity contribution >= 4 is 22.9 Å². The van der Waals surface area contributed by atoms with Gasteiger partial charge in [0.2, 0.25) is 0 Å². The third-order valence-electron chi connectivity index (χ3n) is 2.21. The van der Waals surface area contributed by atoms with E-state index in [4.69, 9.17) is 5.11 Å². The number of hydrogen-bond donors (Lipinski definition) is 1. The number of benzene rings is 1. The van der Waals surface area contributed by atoms with Gasteiger partial charge in [0.15, 0.2) is 0 Å². The largest absolute Gasteiger partial charge is 0.481 e. The number of pyridine rings is 1. The molecule has 0 aliphatic carbocycles. The lowest BCUT2D eigenvalue weighted by Crippen LogP contribution is -1.89. The van der Waals surface area contributed by atoms with Gasteiger partial charge in [-0.25, -0.2) is 0 Å². The predicted octanol–water partition coefficient (Wildman–Crippen LogP) is 2.72. The zero-order chi connectivity index (χ0) is 11.4. The number of nitrogens with zero attached hydrogens (tertiary/aromatic N) is 1. The van der Waals surface area contributed by atoms with E-state index < -0.39 is 5.97 Å². The molecule has 1 aromatic heterocycles. The molecule has 0 spiro atoms. The van der Waals surface area contributed by atoms with Gasteiger partial charge in [0.1, 0.15) is 0 Å². The molecule has 0 saturated carbocycles. The maximum Gasteiger partial charge on any atom is 0.307 e. The quantitative estimate of drug-likeness (QED) is 0.852. The second kappa shape index (κ2) is 4.57. The van der Waals surface area contributed by atoms with Crippen LogP contribution in [0.3, 0.4) is 0 Å². The predicted molar refractivity (Wildman–Crippen MR) is 63.0 cm³/mol. The Kier molecular flexibility index (Phi) is 2.96. The number of aromatic nitrogens is 1. The van der Waals surface area contributed by atoms with Crippen molar-refractivity contribution in [3.05, 3.63) is 48.2 Å². The van der Waals surface area contributed by atoms with Crippen molar-refractivity contribution in [2.75, 3.05) is 0 Å². The highest BCUT2D eigenvalue weighted by Crippen LogP contribution is 2.13. The fraction of sp³-hybridized carbons (Fsp3) is 0.0769. The highest BCUT2D eigenvalue weighted by atomic mass is 16.4. The number of para-hydroxylation sites is 1. The second-order valence-corrected chi connectivity index (χ2v) is 3.46. The average Bonchev–Trinajstić information content (AvgIpc) is 2.28. The molecule has 0 fully saturated rings. The Bertz CT molecular complexity index is 546. The van der Waals surface area contributed by atoms with Crippen molar-refractivity contribution in [3.63, 3.8) is 0 Å². The van der Waals surface area contributed by atoms with Gasteiger partial charge < -0.3 is 5.11 Å². The van der Waals surface area contributed by atoms with Crippen LogP contribution in [0, 0.1) is 0 Å². The topological polar surface area (TPSA) is 50.2 Å². The molecule has 0 unspecified atom stereocenters.